The molecule has 0 N–H and O–H groups in total. The zero-order valence-electron chi connectivity index (χ0n) is 13.9. The Hall–Kier alpha value is -1.81. The Kier molecular flexibility index (Phi) is 5.56. The summed E-state index contributed by atoms with van der Waals surface area (Å²) >= 11 is 3.44. The van der Waals surface area contributed by atoms with E-state index >= 15 is 0 Å². The molecule has 126 valence electrons. The zero-order chi connectivity index (χ0) is 16.9. The molecule has 2 aromatic carbocycles. The number of para-hydroxylation sites is 2. The van der Waals surface area contributed by atoms with E-state index in [1.807, 2.05) is 49.5 Å². The van der Waals surface area contributed by atoms with Crippen LogP contribution in [0.4, 0.5) is 5.69 Å². The molecule has 0 bridgehead atoms. The molecule has 3 rings (SSSR count). The minimum atomic E-state index is -0.183. The Labute approximate surface area is 151 Å². The lowest BCUT2D eigenvalue weighted by Gasteiger charge is -2.32. The number of likely N-dealkylation sites (N-methyl/N-ethyl adjacent to an activating group) is 1. The SMILES string of the molecule is CN1C(=O)C(c2ccccc2OCCCCBr)Cc2ccccc21. The van der Waals surface area contributed by atoms with Crippen LogP contribution in [-0.2, 0) is 11.2 Å². The van der Waals surface area contributed by atoms with Gasteiger partial charge in [-0.25, -0.2) is 0 Å². The second-order valence-corrected chi connectivity index (χ2v) is 6.86. The van der Waals surface area contributed by atoms with E-state index < -0.39 is 0 Å². The Bertz CT molecular complexity index is 716. The van der Waals surface area contributed by atoms with E-state index in [2.05, 4.69) is 22.0 Å². The Balaban J connectivity index is 1.85. The van der Waals surface area contributed by atoms with Crippen LogP contribution in [0, 0.1) is 0 Å². The van der Waals surface area contributed by atoms with Gasteiger partial charge in [0.05, 0.1) is 12.5 Å². The predicted octanol–water partition coefficient (Wildman–Crippen LogP) is 4.54. The predicted molar refractivity (Wildman–Crippen MR) is 101 cm³/mol. The summed E-state index contributed by atoms with van der Waals surface area (Å²) in [6.07, 6.45) is 2.81. The minimum Gasteiger partial charge on any atom is -0.493 e. The highest BCUT2D eigenvalue weighted by atomic mass is 79.9. The van der Waals surface area contributed by atoms with Crippen LogP contribution >= 0.6 is 15.9 Å². The minimum absolute atomic E-state index is 0.130. The van der Waals surface area contributed by atoms with Crippen LogP contribution in [0.5, 0.6) is 5.75 Å². The standard InChI is InChI=1S/C20H22BrNO2/c1-22-18-10-4-2-8-15(18)14-17(20(22)23)16-9-3-5-11-19(16)24-13-7-6-12-21/h2-5,8-11,17H,6-7,12-14H2,1H3. The number of halogens is 1. The first-order valence-corrected chi connectivity index (χ1v) is 9.47. The number of fused-ring (bicyclic) bond motifs is 1. The van der Waals surface area contributed by atoms with Crippen LogP contribution in [0.15, 0.2) is 48.5 Å². The third-order valence-electron chi connectivity index (χ3n) is 4.49. The molecular formula is C20H22BrNO2. The van der Waals surface area contributed by atoms with E-state index in [1.54, 1.807) is 4.90 Å². The molecule has 1 aliphatic rings. The highest BCUT2D eigenvalue weighted by molar-refractivity contribution is 9.09. The number of benzene rings is 2. The zero-order valence-corrected chi connectivity index (χ0v) is 15.5. The largest absolute Gasteiger partial charge is 0.493 e. The summed E-state index contributed by atoms with van der Waals surface area (Å²) in [6, 6.07) is 16.0. The first kappa shape index (κ1) is 17.0. The first-order valence-electron chi connectivity index (χ1n) is 8.35. The van der Waals surface area contributed by atoms with Crippen molar-refractivity contribution >= 4 is 27.5 Å². The molecule has 0 aromatic heterocycles. The van der Waals surface area contributed by atoms with Crippen molar-refractivity contribution in [1.29, 1.82) is 0 Å². The fraction of sp³-hybridized carbons (Fsp3) is 0.350. The molecule has 0 saturated heterocycles. The van der Waals surface area contributed by atoms with Gasteiger partial charge in [0.2, 0.25) is 5.91 Å². The number of amides is 1. The van der Waals surface area contributed by atoms with E-state index in [4.69, 9.17) is 4.74 Å². The molecule has 1 aliphatic heterocycles. The molecule has 0 aliphatic carbocycles. The van der Waals surface area contributed by atoms with Gasteiger partial charge in [0.25, 0.3) is 0 Å². The van der Waals surface area contributed by atoms with Crippen LogP contribution in [-0.4, -0.2) is 24.9 Å². The highest BCUT2D eigenvalue weighted by Crippen LogP contribution is 2.37. The third-order valence-corrected chi connectivity index (χ3v) is 5.05. The van der Waals surface area contributed by atoms with Crippen LogP contribution in [0.1, 0.15) is 29.9 Å². The van der Waals surface area contributed by atoms with Crippen LogP contribution in [0.2, 0.25) is 0 Å². The molecule has 1 unspecified atom stereocenters. The molecule has 1 atom stereocenters. The molecule has 0 radical (unpaired) electrons. The summed E-state index contributed by atoms with van der Waals surface area (Å²) in [7, 11) is 1.85. The molecule has 1 amide bonds. The fourth-order valence-corrected chi connectivity index (χ4v) is 3.59. The maximum atomic E-state index is 12.9. The lowest BCUT2D eigenvalue weighted by atomic mass is 9.86. The van der Waals surface area contributed by atoms with Gasteiger partial charge in [-0.2, -0.15) is 0 Å². The number of unbranched alkanes of at least 4 members (excludes halogenated alkanes) is 1. The van der Waals surface area contributed by atoms with Crippen molar-refractivity contribution in [2.75, 3.05) is 23.9 Å². The van der Waals surface area contributed by atoms with Crippen molar-refractivity contribution in [3.63, 3.8) is 0 Å². The highest BCUT2D eigenvalue weighted by Gasteiger charge is 2.33. The topological polar surface area (TPSA) is 29.5 Å². The van der Waals surface area contributed by atoms with Crippen molar-refractivity contribution < 1.29 is 9.53 Å². The Morgan fingerprint density at radius 2 is 1.88 bits per heavy atom. The maximum Gasteiger partial charge on any atom is 0.234 e. The normalized spacial score (nSPS) is 16.8. The van der Waals surface area contributed by atoms with Crippen molar-refractivity contribution in [3.05, 3.63) is 59.7 Å². The average molecular weight is 388 g/mol. The van der Waals surface area contributed by atoms with Crippen LogP contribution in [0.25, 0.3) is 0 Å². The first-order chi connectivity index (χ1) is 11.7. The molecule has 3 nitrogen and oxygen atoms in total. The van der Waals surface area contributed by atoms with Crippen molar-refractivity contribution in [3.8, 4) is 5.75 Å². The van der Waals surface area contributed by atoms with Crippen molar-refractivity contribution in [2.45, 2.75) is 25.2 Å². The summed E-state index contributed by atoms with van der Waals surface area (Å²) in [4.78, 5) is 14.7. The van der Waals surface area contributed by atoms with Crippen LogP contribution < -0.4 is 9.64 Å². The second-order valence-electron chi connectivity index (χ2n) is 6.07. The van der Waals surface area contributed by atoms with Gasteiger partial charge in [-0.05, 0) is 37.0 Å². The number of hydrogen-bond acceptors (Lipinski definition) is 2. The van der Waals surface area contributed by atoms with Gasteiger partial charge in [0.15, 0.2) is 0 Å². The lowest BCUT2D eigenvalue weighted by Crippen LogP contribution is -2.37. The molecule has 24 heavy (non-hydrogen) atoms. The molecule has 4 heteroatoms. The molecular weight excluding hydrogens is 366 g/mol. The van der Waals surface area contributed by atoms with E-state index in [-0.39, 0.29) is 11.8 Å². The van der Waals surface area contributed by atoms with Crippen molar-refractivity contribution in [2.24, 2.45) is 0 Å². The Morgan fingerprint density at radius 1 is 1.12 bits per heavy atom. The van der Waals surface area contributed by atoms with E-state index in [1.165, 1.54) is 5.56 Å². The number of carbonyl (C=O) groups excluding carboxylic acids is 1. The molecule has 0 spiro atoms. The molecule has 2 aromatic rings. The number of anilines is 1. The van der Waals surface area contributed by atoms with E-state index in [0.29, 0.717) is 6.61 Å². The molecule has 1 heterocycles. The summed E-state index contributed by atoms with van der Waals surface area (Å²) in [5, 5.41) is 0.987. The second kappa shape index (κ2) is 7.84. The average Bonchev–Trinajstić information content (AvgIpc) is 2.62. The van der Waals surface area contributed by atoms with Gasteiger partial charge >= 0.3 is 0 Å². The number of carbonyl (C=O) groups is 1. The van der Waals surface area contributed by atoms with Crippen LogP contribution in [0.3, 0.4) is 0 Å². The number of rotatable bonds is 6. The number of alkyl halides is 1. The van der Waals surface area contributed by atoms with Gasteiger partial charge in [-0.1, -0.05) is 52.3 Å². The van der Waals surface area contributed by atoms with E-state index in [0.717, 1.165) is 41.6 Å². The van der Waals surface area contributed by atoms with Gasteiger partial charge < -0.3 is 9.64 Å². The van der Waals surface area contributed by atoms with Gasteiger partial charge in [0.1, 0.15) is 5.75 Å². The van der Waals surface area contributed by atoms with Crippen molar-refractivity contribution in [1.82, 2.24) is 0 Å². The summed E-state index contributed by atoms with van der Waals surface area (Å²) in [5.41, 5.74) is 3.20. The third kappa shape index (κ3) is 3.48. The maximum absolute atomic E-state index is 12.9. The van der Waals surface area contributed by atoms with E-state index in [9.17, 15) is 4.79 Å². The smallest absolute Gasteiger partial charge is 0.234 e. The fourth-order valence-electron chi connectivity index (χ4n) is 3.19. The Morgan fingerprint density at radius 3 is 2.71 bits per heavy atom. The molecule has 0 fully saturated rings. The van der Waals surface area contributed by atoms with Gasteiger partial charge in [0, 0.05) is 23.6 Å². The number of hydrogen-bond donors (Lipinski definition) is 0. The molecule has 0 saturated carbocycles. The summed E-state index contributed by atoms with van der Waals surface area (Å²) < 4.78 is 5.97. The quantitative estimate of drug-likeness (QED) is 0.537. The lowest BCUT2D eigenvalue weighted by molar-refractivity contribution is -0.120. The summed E-state index contributed by atoms with van der Waals surface area (Å²) in [5.74, 6) is 0.778. The summed E-state index contributed by atoms with van der Waals surface area (Å²) in [6.45, 7) is 0.677. The van der Waals surface area contributed by atoms with Gasteiger partial charge in [-0.15, -0.1) is 0 Å². The van der Waals surface area contributed by atoms with Gasteiger partial charge in [-0.3, -0.25) is 4.79 Å². The monoisotopic (exact) mass is 387 g/mol. The number of ether oxygens (including phenoxy) is 1. The number of nitrogens with zero attached hydrogens (tertiary/aromatic N) is 1.